The molecule has 4 heterocycles. The van der Waals surface area contributed by atoms with Crippen molar-refractivity contribution in [1.29, 1.82) is 0 Å². The van der Waals surface area contributed by atoms with Crippen molar-refractivity contribution >= 4 is 34.1 Å². The van der Waals surface area contributed by atoms with Crippen LogP contribution in [0.4, 0.5) is 5.69 Å². The molecule has 1 fully saturated rings. The number of aromatic nitrogens is 1. The Bertz CT molecular complexity index is 1170. The van der Waals surface area contributed by atoms with E-state index in [0.29, 0.717) is 11.6 Å². The monoisotopic (exact) mass is 393 g/mol. The summed E-state index contributed by atoms with van der Waals surface area (Å²) in [5.74, 6) is -0.0548. The lowest BCUT2D eigenvalue weighted by Gasteiger charge is -2.49. The molecule has 0 bridgehead atoms. The largest absolute Gasteiger partial charge is 0.359 e. The van der Waals surface area contributed by atoms with Gasteiger partial charge in [0.1, 0.15) is 5.72 Å². The van der Waals surface area contributed by atoms with E-state index in [0.717, 1.165) is 28.9 Å². The fourth-order valence-electron chi connectivity index (χ4n) is 5.54. The maximum Gasteiger partial charge on any atom is 0.255 e. The lowest BCUT2D eigenvalue weighted by atomic mass is 9.76. The Morgan fingerprint density at radius 1 is 1.21 bits per heavy atom. The number of amides is 1. The third-order valence-corrected chi connectivity index (χ3v) is 6.73. The fraction of sp³-hybridized carbons (Fsp3) is 0.318. The summed E-state index contributed by atoms with van der Waals surface area (Å²) < 4.78 is 6.18. The quantitative estimate of drug-likeness (QED) is 0.606. The zero-order valence-electron chi connectivity index (χ0n) is 15.7. The number of para-hydroxylation sites is 1. The van der Waals surface area contributed by atoms with Crippen LogP contribution < -0.4 is 5.32 Å². The number of hydrogen-bond acceptors (Lipinski definition) is 3. The molecule has 2 unspecified atom stereocenters. The van der Waals surface area contributed by atoms with E-state index in [1.54, 1.807) is 0 Å². The second kappa shape index (κ2) is 5.17. The Morgan fingerprint density at radius 3 is 2.89 bits per heavy atom. The van der Waals surface area contributed by atoms with E-state index in [1.807, 2.05) is 44.2 Å². The number of carbonyl (C=O) groups excluding carboxylic acids is 1. The number of anilines is 1. The molecule has 1 spiro atoms. The molecule has 28 heavy (non-hydrogen) atoms. The predicted octanol–water partition coefficient (Wildman–Crippen LogP) is 4.01. The van der Waals surface area contributed by atoms with Crippen LogP contribution in [0, 0.1) is 0 Å². The van der Waals surface area contributed by atoms with Gasteiger partial charge in [0.15, 0.2) is 5.54 Å². The molecule has 5 nitrogen and oxygen atoms in total. The molecule has 0 radical (unpaired) electrons. The second-order valence-electron chi connectivity index (χ2n) is 8.36. The van der Waals surface area contributed by atoms with Crippen LogP contribution in [0.15, 0.2) is 42.5 Å². The summed E-state index contributed by atoms with van der Waals surface area (Å²) in [6.07, 6.45) is 0.841. The Labute approximate surface area is 167 Å². The van der Waals surface area contributed by atoms with Crippen molar-refractivity contribution in [2.24, 2.45) is 0 Å². The SMILES string of the molecule is CC1(C)OCC2Cc3c([nH]c4ccccc34)C3(C(=O)Nc4ccc(Cl)cc43)N21. The first-order valence-corrected chi connectivity index (χ1v) is 9.95. The maximum absolute atomic E-state index is 13.7. The van der Waals surface area contributed by atoms with Gasteiger partial charge in [-0.3, -0.25) is 4.79 Å². The number of benzene rings is 2. The van der Waals surface area contributed by atoms with Crippen LogP contribution in [0.3, 0.4) is 0 Å². The van der Waals surface area contributed by atoms with Crippen molar-refractivity contribution in [1.82, 2.24) is 9.88 Å². The van der Waals surface area contributed by atoms with E-state index < -0.39 is 11.3 Å². The van der Waals surface area contributed by atoms with Crippen molar-refractivity contribution in [3.63, 3.8) is 0 Å². The van der Waals surface area contributed by atoms with E-state index in [-0.39, 0.29) is 11.9 Å². The zero-order chi connectivity index (χ0) is 19.3. The van der Waals surface area contributed by atoms with Gasteiger partial charge in [0, 0.05) is 33.2 Å². The number of halogens is 1. The summed E-state index contributed by atoms with van der Waals surface area (Å²) in [6.45, 7) is 4.67. The number of ether oxygens (including phenoxy) is 1. The smallest absolute Gasteiger partial charge is 0.255 e. The first-order chi connectivity index (χ1) is 13.4. The average molecular weight is 394 g/mol. The van der Waals surface area contributed by atoms with Crippen LogP contribution in [0.2, 0.25) is 5.02 Å². The summed E-state index contributed by atoms with van der Waals surface area (Å²) in [6, 6.07) is 14.0. The molecule has 1 amide bonds. The first kappa shape index (κ1) is 16.6. The highest BCUT2D eigenvalue weighted by molar-refractivity contribution is 6.31. The number of fused-ring (bicyclic) bond motifs is 8. The molecular weight excluding hydrogens is 374 g/mol. The highest BCUT2D eigenvalue weighted by atomic mass is 35.5. The average Bonchev–Trinajstić information content (AvgIpc) is 3.27. The summed E-state index contributed by atoms with van der Waals surface area (Å²) in [7, 11) is 0. The molecular formula is C22H20ClN3O2. The van der Waals surface area contributed by atoms with E-state index in [4.69, 9.17) is 16.3 Å². The topological polar surface area (TPSA) is 57.4 Å². The summed E-state index contributed by atoms with van der Waals surface area (Å²) in [5.41, 5.74) is 3.31. The van der Waals surface area contributed by atoms with E-state index in [9.17, 15) is 4.79 Å². The molecule has 2 N–H and O–H groups in total. The maximum atomic E-state index is 13.7. The Balaban J connectivity index is 1.76. The number of rotatable bonds is 0. The zero-order valence-corrected chi connectivity index (χ0v) is 16.4. The lowest BCUT2D eigenvalue weighted by Crippen LogP contribution is -2.63. The molecule has 1 saturated heterocycles. The van der Waals surface area contributed by atoms with Crippen molar-refractivity contribution in [2.45, 2.75) is 37.6 Å². The number of aromatic amines is 1. The minimum Gasteiger partial charge on any atom is -0.359 e. The first-order valence-electron chi connectivity index (χ1n) is 9.58. The third-order valence-electron chi connectivity index (χ3n) is 6.50. The minimum absolute atomic E-state index is 0.0548. The molecule has 3 aliphatic rings. The van der Waals surface area contributed by atoms with Gasteiger partial charge in [0.2, 0.25) is 0 Å². The van der Waals surface area contributed by atoms with E-state index in [1.165, 1.54) is 10.9 Å². The second-order valence-corrected chi connectivity index (χ2v) is 8.80. The van der Waals surface area contributed by atoms with Crippen molar-refractivity contribution in [2.75, 3.05) is 11.9 Å². The van der Waals surface area contributed by atoms with Gasteiger partial charge in [-0.1, -0.05) is 29.8 Å². The molecule has 3 aliphatic heterocycles. The molecule has 6 rings (SSSR count). The third kappa shape index (κ3) is 1.82. The van der Waals surface area contributed by atoms with Gasteiger partial charge >= 0.3 is 0 Å². The number of H-pyrrole nitrogens is 1. The summed E-state index contributed by atoms with van der Waals surface area (Å²) in [4.78, 5) is 19.6. The van der Waals surface area contributed by atoms with E-state index in [2.05, 4.69) is 27.3 Å². The molecule has 1 aromatic heterocycles. The van der Waals surface area contributed by atoms with Gasteiger partial charge < -0.3 is 15.0 Å². The summed E-state index contributed by atoms with van der Waals surface area (Å²) >= 11 is 6.39. The van der Waals surface area contributed by atoms with Crippen LogP contribution in [-0.2, 0) is 21.5 Å². The Kier molecular flexibility index (Phi) is 3.07. The van der Waals surface area contributed by atoms with E-state index >= 15 is 0 Å². The van der Waals surface area contributed by atoms with Crippen molar-refractivity contribution in [3.8, 4) is 0 Å². The van der Waals surface area contributed by atoms with Crippen molar-refractivity contribution in [3.05, 3.63) is 64.3 Å². The number of nitrogens with zero attached hydrogens (tertiary/aromatic N) is 1. The molecule has 142 valence electrons. The van der Waals surface area contributed by atoms with Gasteiger partial charge in [-0.15, -0.1) is 0 Å². The van der Waals surface area contributed by atoms with Crippen molar-refractivity contribution < 1.29 is 9.53 Å². The van der Waals surface area contributed by atoms with Gasteiger partial charge in [0.25, 0.3) is 5.91 Å². The van der Waals surface area contributed by atoms with Gasteiger partial charge in [-0.2, -0.15) is 0 Å². The molecule has 3 aromatic rings. The highest BCUT2D eigenvalue weighted by Crippen LogP contribution is 2.55. The lowest BCUT2D eigenvalue weighted by molar-refractivity contribution is -0.141. The molecule has 2 aromatic carbocycles. The van der Waals surface area contributed by atoms with Crippen LogP contribution in [0.5, 0.6) is 0 Å². The highest BCUT2D eigenvalue weighted by Gasteiger charge is 2.64. The van der Waals surface area contributed by atoms with Gasteiger partial charge in [-0.05, 0) is 50.1 Å². The molecule has 2 atom stereocenters. The van der Waals surface area contributed by atoms with Crippen LogP contribution in [0.25, 0.3) is 10.9 Å². The normalized spacial score (nSPS) is 27.7. The number of carbonyl (C=O) groups is 1. The summed E-state index contributed by atoms with van der Waals surface area (Å²) in [5, 5.41) is 4.89. The number of nitrogens with one attached hydrogen (secondary N) is 2. The fourth-order valence-corrected chi connectivity index (χ4v) is 5.71. The molecule has 0 aliphatic carbocycles. The van der Waals surface area contributed by atoms with Crippen LogP contribution >= 0.6 is 11.6 Å². The predicted molar refractivity (Wildman–Crippen MR) is 109 cm³/mol. The molecule has 0 saturated carbocycles. The Morgan fingerprint density at radius 2 is 2.04 bits per heavy atom. The van der Waals surface area contributed by atoms with Gasteiger partial charge in [0.05, 0.1) is 12.3 Å². The molecule has 6 heteroatoms. The van der Waals surface area contributed by atoms with Crippen LogP contribution in [-0.4, -0.2) is 34.2 Å². The standard InChI is InChI=1S/C22H20ClN3O2/c1-21(2)26-13(11-28-21)10-15-14-5-3-4-6-17(14)24-19(15)22(26)16-9-12(23)7-8-18(16)25-20(22)27/h3-9,13,24H,10-11H2,1-2H3,(H,25,27). The number of hydrogen-bond donors (Lipinski definition) is 2. The van der Waals surface area contributed by atoms with Crippen LogP contribution in [0.1, 0.15) is 30.7 Å². The Hall–Kier alpha value is -2.34. The minimum atomic E-state index is -0.989. The van der Waals surface area contributed by atoms with Gasteiger partial charge in [-0.25, -0.2) is 4.90 Å².